The van der Waals surface area contributed by atoms with Crippen molar-refractivity contribution in [1.29, 1.82) is 0 Å². The van der Waals surface area contributed by atoms with Crippen LogP contribution in [-0.4, -0.2) is 27.1 Å². The predicted octanol–water partition coefficient (Wildman–Crippen LogP) is 3.40. The Morgan fingerprint density at radius 3 is 2.43 bits per heavy atom. The molecule has 2 aromatic heterocycles. The minimum Gasteiger partial charge on any atom is -0.495 e. The summed E-state index contributed by atoms with van der Waals surface area (Å²) in [5, 5.41) is 14.5. The number of rotatable bonds is 2. The predicted molar refractivity (Wildman–Crippen MR) is 82.4 cm³/mol. The molecule has 3 aromatic rings. The number of nitrogens with zero attached hydrogens (tertiary/aromatic N) is 4. The zero-order valence-electron chi connectivity index (χ0n) is 12.3. The minimum absolute atomic E-state index is 0.554. The van der Waals surface area contributed by atoms with Crippen molar-refractivity contribution in [2.24, 2.45) is 0 Å². The van der Waals surface area contributed by atoms with Crippen LogP contribution in [0.5, 0.6) is 5.75 Å². The Morgan fingerprint density at radius 1 is 1.10 bits per heavy atom. The average Bonchev–Trinajstić information content (AvgIpc) is 2.82. The standard InChI is InChI=1S/C15H15ClN4O/c1-8-14-10(3)20(19-15(14)9(2)18-17-8)11-5-6-13(21-4)12(16)7-11/h5-7H,1-4H3. The largest absolute Gasteiger partial charge is 0.495 e. The second-order valence-electron chi connectivity index (χ2n) is 4.91. The summed E-state index contributed by atoms with van der Waals surface area (Å²) in [6, 6.07) is 5.60. The van der Waals surface area contributed by atoms with E-state index in [0.29, 0.717) is 10.8 Å². The minimum atomic E-state index is 0.554. The van der Waals surface area contributed by atoms with Crippen LogP contribution in [0.25, 0.3) is 16.6 Å². The maximum atomic E-state index is 6.20. The van der Waals surface area contributed by atoms with Crippen molar-refractivity contribution in [2.45, 2.75) is 20.8 Å². The summed E-state index contributed by atoms with van der Waals surface area (Å²) in [4.78, 5) is 0. The number of aryl methyl sites for hydroxylation is 3. The zero-order chi connectivity index (χ0) is 15.1. The second-order valence-corrected chi connectivity index (χ2v) is 5.32. The van der Waals surface area contributed by atoms with Gasteiger partial charge in [0, 0.05) is 5.39 Å². The van der Waals surface area contributed by atoms with Crippen LogP contribution in [0.3, 0.4) is 0 Å². The van der Waals surface area contributed by atoms with Gasteiger partial charge in [0.25, 0.3) is 0 Å². The Bertz CT molecular complexity index is 841. The lowest BCUT2D eigenvalue weighted by Gasteiger charge is -2.07. The summed E-state index contributed by atoms with van der Waals surface area (Å²) in [6.45, 7) is 5.86. The first-order valence-electron chi connectivity index (χ1n) is 6.56. The molecular weight excluding hydrogens is 288 g/mol. The van der Waals surface area contributed by atoms with E-state index in [-0.39, 0.29) is 0 Å². The number of ether oxygens (including phenoxy) is 1. The van der Waals surface area contributed by atoms with Crippen molar-refractivity contribution in [2.75, 3.05) is 7.11 Å². The fourth-order valence-electron chi connectivity index (χ4n) is 2.47. The third-order valence-corrected chi connectivity index (χ3v) is 3.85. The Balaban J connectivity index is 2.26. The first-order chi connectivity index (χ1) is 10.0. The van der Waals surface area contributed by atoms with Crippen molar-refractivity contribution in [3.05, 3.63) is 40.3 Å². The fraction of sp³-hybridized carbons (Fsp3) is 0.267. The number of benzene rings is 1. The van der Waals surface area contributed by atoms with Crippen LogP contribution < -0.4 is 4.74 Å². The molecule has 0 N–H and O–H groups in total. The number of halogens is 1. The van der Waals surface area contributed by atoms with Gasteiger partial charge in [0.2, 0.25) is 0 Å². The molecule has 21 heavy (non-hydrogen) atoms. The third kappa shape index (κ3) is 2.14. The van der Waals surface area contributed by atoms with Crippen molar-refractivity contribution in [3.8, 4) is 11.4 Å². The van der Waals surface area contributed by atoms with Gasteiger partial charge >= 0.3 is 0 Å². The van der Waals surface area contributed by atoms with Crippen LogP contribution in [-0.2, 0) is 0 Å². The molecule has 0 radical (unpaired) electrons. The first-order valence-corrected chi connectivity index (χ1v) is 6.94. The molecule has 0 atom stereocenters. The van der Waals surface area contributed by atoms with Gasteiger partial charge in [-0.2, -0.15) is 15.3 Å². The van der Waals surface area contributed by atoms with E-state index >= 15 is 0 Å². The van der Waals surface area contributed by atoms with E-state index in [1.54, 1.807) is 7.11 Å². The molecule has 0 aliphatic heterocycles. The molecule has 0 spiro atoms. The molecule has 5 nitrogen and oxygen atoms in total. The SMILES string of the molecule is COc1ccc(-n2nc3c(C)nnc(C)c3c2C)cc1Cl. The molecule has 0 amide bonds. The topological polar surface area (TPSA) is 52.8 Å². The van der Waals surface area contributed by atoms with E-state index in [2.05, 4.69) is 15.3 Å². The number of hydrogen-bond donors (Lipinski definition) is 0. The lowest BCUT2D eigenvalue weighted by atomic mass is 10.2. The summed E-state index contributed by atoms with van der Waals surface area (Å²) in [5.74, 6) is 0.644. The van der Waals surface area contributed by atoms with Gasteiger partial charge in [-0.25, -0.2) is 4.68 Å². The van der Waals surface area contributed by atoms with Crippen molar-refractivity contribution in [3.63, 3.8) is 0 Å². The van der Waals surface area contributed by atoms with Crippen LogP contribution in [0.4, 0.5) is 0 Å². The molecule has 0 bridgehead atoms. The van der Waals surface area contributed by atoms with Crippen molar-refractivity contribution in [1.82, 2.24) is 20.0 Å². The van der Waals surface area contributed by atoms with Gasteiger partial charge in [0.15, 0.2) is 0 Å². The van der Waals surface area contributed by atoms with Gasteiger partial charge in [-0.05, 0) is 39.0 Å². The highest BCUT2D eigenvalue weighted by Gasteiger charge is 2.15. The highest BCUT2D eigenvalue weighted by atomic mass is 35.5. The molecule has 0 unspecified atom stereocenters. The van der Waals surface area contributed by atoms with Crippen LogP contribution in [0.15, 0.2) is 18.2 Å². The van der Waals surface area contributed by atoms with E-state index in [0.717, 1.165) is 33.7 Å². The highest BCUT2D eigenvalue weighted by Crippen LogP contribution is 2.29. The van der Waals surface area contributed by atoms with Gasteiger partial charge in [0.1, 0.15) is 11.3 Å². The number of fused-ring (bicyclic) bond motifs is 1. The zero-order valence-corrected chi connectivity index (χ0v) is 13.1. The summed E-state index contributed by atoms with van der Waals surface area (Å²) in [6.07, 6.45) is 0. The van der Waals surface area contributed by atoms with E-state index in [9.17, 15) is 0 Å². The Morgan fingerprint density at radius 2 is 1.81 bits per heavy atom. The second kappa shape index (κ2) is 5.00. The molecule has 1 aromatic carbocycles. The smallest absolute Gasteiger partial charge is 0.137 e. The summed E-state index contributed by atoms with van der Waals surface area (Å²) in [5.41, 5.74) is 4.46. The fourth-order valence-corrected chi connectivity index (χ4v) is 2.73. The molecule has 0 saturated heterocycles. The van der Waals surface area contributed by atoms with Crippen molar-refractivity contribution < 1.29 is 4.74 Å². The number of methoxy groups -OCH3 is 1. The average molecular weight is 303 g/mol. The van der Waals surface area contributed by atoms with Crippen molar-refractivity contribution >= 4 is 22.5 Å². The quantitative estimate of drug-likeness (QED) is 0.728. The normalized spacial score (nSPS) is 11.1. The van der Waals surface area contributed by atoms with Gasteiger partial charge in [-0.1, -0.05) is 11.6 Å². The lowest BCUT2D eigenvalue weighted by molar-refractivity contribution is 0.415. The molecule has 0 aliphatic carbocycles. The van der Waals surface area contributed by atoms with Gasteiger partial charge in [-0.3, -0.25) is 0 Å². The van der Waals surface area contributed by atoms with E-state index in [1.165, 1.54) is 0 Å². The molecule has 0 fully saturated rings. The molecular formula is C15H15ClN4O. The monoisotopic (exact) mass is 302 g/mol. The van der Waals surface area contributed by atoms with Crippen LogP contribution in [0.2, 0.25) is 5.02 Å². The van der Waals surface area contributed by atoms with Gasteiger partial charge < -0.3 is 4.74 Å². The summed E-state index contributed by atoms with van der Waals surface area (Å²) >= 11 is 6.20. The third-order valence-electron chi connectivity index (χ3n) is 3.55. The van der Waals surface area contributed by atoms with E-state index in [4.69, 9.17) is 16.3 Å². The maximum Gasteiger partial charge on any atom is 0.137 e. The Labute approximate surface area is 127 Å². The van der Waals surface area contributed by atoms with Gasteiger partial charge in [-0.15, -0.1) is 0 Å². The molecule has 6 heteroatoms. The molecule has 0 saturated carbocycles. The van der Waals surface area contributed by atoms with Crippen LogP contribution >= 0.6 is 11.6 Å². The van der Waals surface area contributed by atoms with E-state index < -0.39 is 0 Å². The molecule has 2 heterocycles. The Hall–Kier alpha value is -2.14. The molecule has 108 valence electrons. The summed E-state index contributed by atoms with van der Waals surface area (Å²) < 4.78 is 7.04. The van der Waals surface area contributed by atoms with Gasteiger partial charge in [0.05, 0.1) is 34.9 Å². The van der Waals surface area contributed by atoms with E-state index in [1.807, 2.05) is 43.7 Å². The summed E-state index contributed by atoms with van der Waals surface area (Å²) in [7, 11) is 1.60. The lowest BCUT2D eigenvalue weighted by Crippen LogP contribution is -1.99. The van der Waals surface area contributed by atoms with Crippen LogP contribution in [0, 0.1) is 20.8 Å². The maximum absolute atomic E-state index is 6.20. The van der Waals surface area contributed by atoms with Crippen LogP contribution in [0.1, 0.15) is 17.1 Å². The molecule has 0 aliphatic rings. The Kier molecular flexibility index (Phi) is 3.29. The highest BCUT2D eigenvalue weighted by molar-refractivity contribution is 6.32. The first kappa shape index (κ1) is 13.8. The number of hydrogen-bond acceptors (Lipinski definition) is 4. The molecule has 3 rings (SSSR count). The number of aromatic nitrogens is 4.